The molecule has 0 aliphatic rings. The van der Waals surface area contributed by atoms with Gasteiger partial charge in [0.2, 0.25) is 0 Å². The zero-order valence-corrected chi connectivity index (χ0v) is 10.6. The van der Waals surface area contributed by atoms with Crippen molar-refractivity contribution in [1.82, 2.24) is 4.98 Å². The maximum absolute atomic E-state index is 11.6. The number of rotatable bonds is 5. The lowest BCUT2D eigenvalue weighted by atomic mass is 10.0. The number of thiazole rings is 1. The van der Waals surface area contributed by atoms with Gasteiger partial charge in [0.25, 0.3) is 0 Å². The molecular formula is C10H11N3OS2. The van der Waals surface area contributed by atoms with Gasteiger partial charge in [-0.3, -0.25) is 4.79 Å². The van der Waals surface area contributed by atoms with E-state index in [2.05, 4.69) is 4.98 Å². The van der Waals surface area contributed by atoms with E-state index in [9.17, 15) is 4.79 Å². The molecular weight excluding hydrogens is 242 g/mol. The third-order valence-corrected chi connectivity index (χ3v) is 3.98. The van der Waals surface area contributed by atoms with Gasteiger partial charge in [-0.2, -0.15) is 5.26 Å². The number of nitriles is 1. The third-order valence-electron chi connectivity index (χ3n) is 1.82. The highest BCUT2D eigenvalue weighted by Crippen LogP contribution is 2.23. The second-order valence-corrected chi connectivity index (χ2v) is 5.34. The molecule has 1 heterocycles. The summed E-state index contributed by atoms with van der Waals surface area (Å²) in [5.74, 6) is -0.942. The first-order valence-corrected chi connectivity index (χ1v) is 6.43. The average molecular weight is 253 g/mol. The normalized spacial score (nSPS) is 11.8. The van der Waals surface area contributed by atoms with Crippen LogP contribution >= 0.6 is 23.1 Å². The lowest BCUT2D eigenvalue weighted by Gasteiger charge is -2.04. The highest BCUT2D eigenvalue weighted by Gasteiger charge is 2.20. The molecule has 84 valence electrons. The molecule has 1 rings (SSSR count). The Balaban J connectivity index is 2.53. The number of carbonyl (C=O) groups excluding carboxylic acids is 1. The molecule has 1 N–H and O–H groups in total. The van der Waals surface area contributed by atoms with Gasteiger partial charge in [-0.05, 0) is 13.8 Å². The van der Waals surface area contributed by atoms with E-state index in [1.54, 1.807) is 0 Å². The molecule has 1 atom stereocenters. The minimum atomic E-state index is -0.909. The number of aryl methyl sites for hydroxylation is 1. The second kappa shape index (κ2) is 5.77. The molecule has 0 aliphatic carbocycles. The zero-order chi connectivity index (χ0) is 12.1. The standard InChI is InChI=1S/C10H11N3OS2/c1-6-4-15-10(13-6)16-5-9(14)8(3-11)7(2)12/h4,8,12H,5H2,1-2H3/t8-/m0/s1. The van der Waals surface area contributed by atoms with Crippen LogP contribution < -0.4 is 0 Å². The van der Waals surface area contributed by atoms with E-state index in [1.807, 2.05) is 18.4 Å². The number of nitrogens with zero attached hydrogens (tertiary/aromatic N) is 2. The number of aromatic nitrogens is 1. The van der Waals surface area contributed by atoms with Gasteiger partial charge in [0, 0.05) is 16.8 Å². The number of hydrogen-bond acceptors (Lipinski definition) is 6. The van der Waals surface area contributed by atoms with E-state index in [0.717, 1.165) is 10.0 Å². The first-order chi connectivity index (χ1) is 7.54. The highest BCUT2D eigenvalue weighted by molar-refractivity contribution is 8.01. The van der Waals surface area contributed by atoms with Crippen LogP contribution in [0.15, 0.2) is 9.72 Å². The fraction of sp³-hybridized carbons (Fsp3) is 0.400. The Kier molecular flexibility index (Phi) is 4.65. The molecule has 0 unspecified atom stereocenters. The second-order valence-electron chi connectivity index (χ2n) is 3.25. The van der Waals surface area contributed by atoms with Crippen molar-refractivity contribution in [2.45, 2.75) is 18.2 Å². The fourth-order valence-corrected chi connectivity index (χ4v) is 2.78. The van der Waals surface area contributed by atoms with Crippen LogP contribution in [0.2, 0.25) is 0 Å². The largest absolute Gasteiger partial charge is 0.308 e. The minimum absolute atomic E-state index is 0.100. The summed E-state index contributed by atoms with van der Waals surface area (Å²) in [7, 11) is 0. The Morgan fingerprint density at radius 2 is 2.50 bits per heavy atom. The molecule has 0 radical (unpaired) electrons. The van der Waals surface area contributed by atoms with Gasteiger partial charge in [0.05, 0.1) is 11.8 Å². The van der Waals surface area contributed by atoms with Gasteiger partial charge in [0.15, 0.2) is 10.1 Å². The number of Topliss-reactive ketones (excluding diaryl/α,β-unsaturated/α-hetero) is 1. The van der Waals surface area contributed by atoms with E-state index in [0.29, 0.717) is 0 Å². The van der Waals surface area contributed by atoms with Crippen molar-refractivity contribution in [3.8, 4) is 6.07 Å². The molecule has 0 amide bonds. The van der Waals surface area contributed by atoms with E-state index >= 15 is 0 Å². The van der Waals surface area contributed by atoms with Gasteiger partial charge >= 0.3 is 0 Å². The lowest BCUT2D eigenvalue weighted by molar-refractivity contribution is -0.117. The Morgan fingerprint density at radius 1 is 1.81 bits per heavy atom. The molecule has 1 aromatic heterocycles. The number of ketones is 1. The zero-order valence-electron chi connectivity index (χ0n) is 8.98. The Bertz CT molecular complexity index is 447. The van der Waals surface area contributed by atoms with Gasteiger partial charge in [-0.25, -0.2) is 4.98 Å². The van der Waals surface area contributed by atoms with Crippen LogP contribution in [0.3, 0.4) is 0 Å². The highest BCUT2D eigenvalue weighted by atomic mass is 32.2. The SMILES string of the molecule is CC(=N)[C@H](C#N)C(=O)CSc1nc(C)cs1. The van der Waals surface area contributed by atoms with Gasteiger partial charge < -0.3 is 5.41 Å². The number of carbonyl (C=O) groups is 1. The molecule has 0 saturated carbocycles. The molecule has 0 fully saturated rings. The fourth-order valence-electron chi connectivity index (χ4n) is 1.03. The number of nitrogens with one attached hydrogen (secondary N) is 1. The van der Waals surface area contributed by atoms with Crippen molar-refractivity contribution in [3.63, 3.8) is 0 Å². The molecule has 0 aliphatic heterocycles. The maximum atomic E-state index is 11.6. The Labute approximate surface area is 102 Å². The third kappa shape index (κ3) is 3.43. The summed E-state index contributed by atoms with van der Waals surface area (Å²) >= 11 is 2.80. The van der Waals surface area contributed by atoms with Crippen molar-refractivity contribution < 1.29 is 4.79 Å². The van der Waals surface area contributed by atoms with Crippen LogP contribution in [0, 0.1) is 29.6 Å². The van der Waals surface area contributed by atoms with E-state index < -0.39 is 5.92 Å². The monoisotopic (exact) mass is 253 g/mol. The summed E-state index contributed by atoms with van der Waals surface area (Å²) in [6, 6.07) is 1.84. The summed E-state index contributed by atoms with van der Waals surface area (Å²) < 4.78 is 0.824. The summed E-state index contributed by atoms with van der Waals surface area (Å²) in [5, 5.41) is 18.0. The van der Waals surface area contributed by atoms with Gasteiger partial charge in [0.1, 0.15) is 5.92 Å². The minimum Gasteiger partial charge on any atom is -0.308 e. The molecule has 0 bridgehead atoms. The topological polar surface area (TPSA) is 77.6 Å². The maximum Gasteiger partial charge on any atom is 0.165 e. The predicted molar refractivity (Wildman–Crippen MR) is 65.1 cm³/mol. The van der Waals surface area contributed by atoms with Crippen molar-refractivity contribution in [1.29, 1.82) is 10.7 Å². The molecule has 1 aromatic rings. The summed E-state index contributed by atoms with van der Waals surface area (Å²) in [4.78, 5) is 15.8. The number of thioether (sulfide) groups is 1. The summed E-state index contributed by atoms with van der Waals surface area (Å²) in [6.45, 7) is 3.37. The van der Waals surface area contributed by atoms with E-state index in [-0.39, 0.29) is 17.2 Å². The molecule has 0 saturated heterocycles. The van der Waals surface area contributed by atoms with Crippen molar-refractivity contribution in [3.05, 3.63) is 11.1 Å². The molecule has 4 nitrogen and oxygen atoms in total. The van der Waals surface area contributed by atoms with Crippen molar-refractivity contribution >= 4 is 34.6 Å². The van der Waals surface area contributed by atoms with Crippen LogP contribution in [-0.4, -0.2) is 22.2 Å². The van der Waals surface area contributed by atoms with Crippen LogP contribution in [0.4, 0.5) is 0 Å². The van der Waals surface area contributed by atoms with Crippen LogP contribution in [-0.2, 0) is 4.79 Å². The summed E-state index contributed by atoms with van der Waals surface area (Å²) in [5.41, 5.74) is 1.03. The van der Waals surface area contributed by atoms with Crippen LogP contribution in [0.1, 0.15) is 12.6 Å². The van der Waals surface area contributed by atoms with E-state index in [1.165, 1.54) is 30.0 Å². The number of hydrogen-bond donors (Lipinski definition) is 1. The first kappa shape index (κ1) is 12.9. The smallest absolute Gasteiger partial charge is 0.165 e. The van der Waals surface area contributed by atoms with Gasteiger partial charge in [-0.15, -0.1) is 11.3 Å². The lowest BCUT2D eigenvalue weighted by Crippen LogP contribution is -2.21. The summed E-state index contributed by atoms with van der Waals surface area (Å²) in [6.07, 6.45) is 0. The average Bonchev–Trinajstić information content (AvgIpc) is 2.62. The van der Waals surface area contributed by atoms with Crippen LogP contribution in [0.25, 0.3) is 0 Å². The van der Waals surface area contributed by atoms with Gasteiger partial charge in [-0.1, -0.05) is 11.8 Å². The molecule has 0 spiro atoms. The quantitative estimate of drug-likeness (QED) is 0.645. The predicted octanol–water partition coefficient (Wildman–Crippen LogP) is 2.29. The molecule has 16 heavy (non-hydrogen) atoms. The Hall–Kier alpha value is -1.19. The van der Waals surface area contributed by atoms with Crippen molar-refractivity contribution in [2.75, 3.05) is 5.75 Å². The van der Waals surface area contributed by atoms with E-state index in [4.69, 9.17) is 10.7 Å². The molecule has 0 aromatic carbocycles. The molecule has 6 heteroatoms. The van der Waals surface area contributed by atoms with Crippen molar-refractivity contribution in [2.24, 2.45) is 5.92 Å². The Morgan fingerprint density at radius 3 is 2.94 bits per heavy atom. The van der Waals surface area contributed by atoms with Crippen LogP contribution in [0.5, 0.6) is 0 Å². The first-order valence-electron chi connectivity index (χ1n) is 4.57.